The van der Waals surface area contributed by atoms with Crippen LogP contribution in [-0.4, -0.2) is 41.9 Å². The Morgan fingerprint density at radius 3 is 2.63 bits per heavy atom. The average molecular weight is 272 g/mol. The van der Waals surface area contributed by atoms with Gasteiger partial charge in [-0.25, -0.2) is 9.59 Å². The lowest BCUT2D eigenvalue weighted by Crippen LogP contribution is -2.51. The number of aliphatic carboxylic acids is 1. The summed E-state index contributed by atoms with van der Waals surface area (Å²) >= 11 is 0. The molecule has 110 valence electrons. The van der Waals surface area contributed by atoms with E-state index in [2.05, 4.69) is 10.6 Å². The summed E-state index contributed by atoms with van der Waals surface area (Å²) in [5, 5.41) is 14.4. The van der Waals surface area contributed by atoms with E-state index in [1.54, 1.807) is 0 Å². The second-order valence-electron chi connectivity index (χ2n) is 5.54. The summed E-state index contributed by atoms with van der Waals surface area (Å²) in [6, 6.07) is -1.19. The van der Waals surface area contributed by atoms with Crippen LogP contribution in [0.2, 0.25) is 0 Å². The molecule has 6 nitrogen and oxygen atoms in total. The van der Waals surface area contributed by atoms with Crippen LogP contribution in [0.1, 0.15) is 40.0 Å². The van der Waals surface area contributed by atoms with Crippen LogP contribution in [0.3, 0.4) is 0 Å². The largest absolute Gasteiger partial charge is 0.480 e. The second kappa shape index (κ2) is 7.33. The van der Waals surface area contributed by atoms with Crippen LogP contribution in [0, 0.1) is 5.92 Å². The Kier molecular flexibility index (Phi) is 6.08. The molecule has 1 heterocycles. The number of urea groups is 1. The number of hydrogen-bond donors (Lipinski definition) is 3. The highest BCUT2D eigenvalue weighted by Crippen LogP contribution is 2.13. The molecule has 0 aromatic carbocycles. The minimum absolute atomic E-state index is 0.0530. The Balaban J connectivity index is 2.41. The van der Waals surface area contributed by atoms with Crippen LogP contribution < -0.4 is 10.6 Å². The third-order valence-electron chi connectivity index (χ3n) is 3.13. The van der Waals surface area contributed by atoms with Gasteiger partial charge in [-0.15, -0.1) is 0 Å². The molecule has 3 unspecified atom stereocenters. The minimum Gasteiger partial charge on any atom is -0.480 e. The smallest absolute Gasteiger partial charge is 0.326 e. The molecule has 1 saturated heterocycles. The van der Waals surface area contributed by atoms with E-state index in [0.29, 0.717) is 13.0 Å². The summed E-state index contributed by atoms with van der Waals surface area (Å²) in [5.74, 6) is -0.784. The maximum atomic E-state index is 11.8. The highest BCUT2D eigenvalue weighted by Gasteiger charge is 2.24. The molecule has 1 aliphatic heterocycles. The number of carbonyl (C=O) groups is 2. The standard InChI is InChI=1S/C13H24N2O4/c1-8(2)6-11(12(16)17)15-13(18)14-10-4-5-19-9(3)7-10/h8-11H,4-7H2,1-3H3,(H,16,17)(H2,14,15,18). The number of carboxylic acids is 1. The van der Waals surface area contributed by atoms with Crippen LogP contribution in [0.15, 0.2) is 0 Å². The first-order valence-electron chi connectivity index (χ1n) is 6.80. The van der Waals surface area contributed by atoms with E-state index in [1.165, 1.54) is 0 Å². The van der Waals surface area contributed by atoms with Gasteiger partial charge in [0.1, 0.15) is 6.04 Å². The van der Waals surface area contributed by atoms with Crippen molar-refractivity contribution in [1.29, 1.82) is 0 Å². The molecule has 0 aromatic rings. The van der Waals surface area contributed by atoms with Crippen LogP contribution in [0.25, 0.3) is 0 Å². The number of carboxylic acid groups (broad SMARTS) is 1. The molecule has 0 bridgehead atoms. The maximum Gasteiger partial charge on any atom is 0.326 e. The molecule has 0 aromatic heterocycles. The molecule has 0 saturated carbocycles. The first kappa shape index (κ1) is 15.8. The van der Waals surface area contributed by atoms with E-state index in [9.17, 15) is 9.59 Å². The Labute approximate surface area is 113 Å². The SMILES string of the molecule is CC(C)CC(NC(=O)NC1CCOC(C)C1)C(=O)O. The van der Waals surface area contributed by atoms with Crippen molar-refractivity contribution >= 4 is 12.0 Å². The summed E-state index contributed by atoms with van der Waals surface area (Å²) < 4.78 is 5.40. The van der Waals surface area contributed by atoms with Gasteiger partial charge in [0.2, 0.25) is 0 Å². The van der Waals surface area contributed by atoms with Crippen molar-refractivity contribution in [2.45, 2.75) is 58.2 Å². The zero-order valence-corrected chi connectivity index (χ0v) is 11.8. The van der Waals surface area contributed by atoms with Crippen LogP contribution in [-0.2, 0) is 9.53 Å². The molecule has 1 fully saturated rings. The second-order valence-corrected chi connectivity index (χ2v) is 5.54. The average Bonchev–Trinajstić information content (AvgIpc) is 2.27. The number of hydrogen-bond acceptors (Lipinski definition) is 3. The third-order valence-corrected chi connectivity index (χ3v) is 3.13. The first-order chi connectivity index (χ1) is 8.88. The normalized spacial score (nSPS) is 24.8. The predicted octanol–water partition coefficient (Wildman–Crippen LogP) is 1.35. The Bertz CT molecular complexity index is 320. The first-order valence-corrected chi connectivity index (χ1v) is 6.80. The molecule has 0 radical (unpaired) electrons. The van der Waals surface area contributed by atoms with Gasteiger partial charge in [-0.1, -0.05) is 13.8 Å². The van der Waals surface area contributed by atoms with Crippen molar-refractivity contribution in [3.63, 3.8) is 0 Å². The molecule has 3 atom stereocenters. The zero-order chi connectivity index (χ0) is 14.4. The fourth-order valence-electron chi connectivity index (χ4n) is 2.21. The van der Waals surface area contributed by atoms with Gasteiger partial charge in [0.05, 0.1) is 6.10 Å². The van der Waals surface area contributed by atoms with Crippen LogP contribution >= 0.6 is 0 Å². The Morgan fingerprint density at radius 1 is 1.42 bits per heavy atom. The van der Waals surface area contributed by atoms with E-state index < -0.39 is 18.0 Å². The van der Waals surface area contributed by atoms with E-state index >= 15 is 0 Å². The summed E-state index contributed by atoms with van der Waals surface area (Å²) in [4.78, 5) is 22.8. The van der Waals surface area contributed by atoms with Gasteiger partial charge >= 0.3 is 12.0 Å². The molecule has 6 heteroatoms. The van der Waals surface area contributed by atoms with Gasteiger partial charge in [0.15, 0.2) is 0 Å². The molecular weight excluding hydrogens is 248 g/mol. The fraction of sp³-hybridized carbons (Fsp3) is 0.846. The van der Waals surface area contributed by atoms with Gasteiger partial charge < -0.3 is 20.5 Å². The number of amides is 2. The van der Waals surface area contributed by atoms with Gasteiger partial charge in [0, 0.05) is 12.6 Å². The number of rotatable bonds is 5. The van der Waals surface area contributed by atoms with Gasteiger partial charge in [0.25, 0.3) is 0 Å². The van der Waals surface area contributed by atoms with Crippen molar-refractivity contribution in [3.8, 4) is 0 Å². The maximum absolute atomic E-state index is 11.8. The molecule has 2 amide bonds. The van der Waals surface area contributed by atoms with Crippen molar-refractivity contribution < 1.29 is 19.4 Å². The van der Waals surface area contributed by atoms with Crippen molar-refractivity contribution in [2.24, 2.45) is 5.92 Å². The number of nitrogens with one attached hydrogen (secondary N) is 2. The van der Waals surface area contributed by atoms with Gasteiger partial charge in [-0.2, -0.15) is 0 Å². The zero-order valence-electron chi connectivity index (χ0n) is 11.8. The highest BCUT2D eigenvalue weighted by atomic mass is 16.5. The highest BCUT2D eigenvalue weighted by molar-refractivity contribution is 5.82. The van der Waals surface area contributed by atoms with E-state index in [0.717, 1.165) is 12.8 Å². The Hall–Kier alpha value is -1.30. The summed E-state index contributed by atoms with van der Waals surface area (Å²) in [6.45, 7) is 6.44. The van der Waals surface area contributed by atoms with E-state index in [4.69, 9.17) is 9.84 Å². The van der Waals surface area contributed by atoms with E-state index in [-0.39, 0.29) is 18.1 Å². The van der Waals surface area contributed by atoms with Crippen LogP contribution in [0.5, 0.6) is 0 Å². The molecule has 19 heavy (non-hydrogen) atoms. The Morgan fingerprint density at radius 2 is 2.11 bits per heavy atom. The van der Waals surface area contributed by atoms with Crippen molar-refractivity contribution in [2.75, 3.05) is 6.61 Å². The molecule has 3 N–H and O–H groups in total. The summed E-state index contributed by atoms with van der Waals surface area (Å²) in [5.41, 5.74) is 0. The molecule has 1 aliphatic rings. The van der Waals surface area contributed by atoms with E-state index in [1.807, 2.05) is 20.8 Å². The summed E-state index contributed by atoms with van der Waals surface area (Å²) in [7, 11) is 0. The quantitative estimate of drug-likeness (QED) is 0.705. The fourth-order valence-corrected chi connectivity index (χ4v) is 2.21. The van der Waals surface area contributed by atoms with Crippen LogP contribution in [0.4, 0.5) is 4.79 Å². The molecular formula is C13H24N2O4. The molecule has 0 aliphatic carbocycles. The third kappa shape index (κ3) is 5.92. The van der Waals surface area contributed by atoms with Crippen molar-refractivity contribution in [3.05, 3.63) is 0 Å². The van der Waals surface area contributed by atoms with Gasteiger partial charge in [-0.05, 0) is 32.1 Å². The monoisotopic (exact) mass is 272 g/mol. The lowest BCUT2D eigenvalue weighted by atomic mass is 10.0. The molecule has 0 spiro atoms. The van der Waals surface area contributed by atoms with Gasteiger partial charge in [-0.3, -0.25) is 0 Å². The lowest BCUT2D eigenvalue weighted by molar-refractivity contribution is -0.139. The predicted molar refractivity (Wildman–Crippen MR) is 71.0 cm³/mol. The number of carbonyl (C=O) groups excluding carboxylic acids is 1. The summed E-state index contributed by atoms with van der Waals surface area (Å²) in [6.07, 6.45) is 2.08. The minimum atomic E-state index is -0.996. The topological polar surface area (TPSA) is 87.7 Å². The lowest BCUT2D eigenvalue weighted by Gasteiger charge is -2.28. The van der Waals surface area contributed by atoms with Crippen molar-refractivity contribution in [1.82, 2.24) is 10.6 Å². The molecule has 1 rings (SSSR count). The number of ether oxygens (including phenoxy) is 1.